The topological polar surface area (TPSA) is 106 Å². The summed E-state index contributed by atoms with van der Waals surface area (Å²) in [7, 11) is 1.82. The van der Waals surface area contributed by atoms with E-state index in [1.54, 1.807) is 24.7 Å². The molecule has 2 aliphatic rings. The predicted molar refractivity (Wildman–Crippen MR) is 115 cm³/mol. The summed E-state index contributed by atoms with van der Waals surface area (Å²) in [5.41, 5.74) is 2.01. The number of rotatable bonds is 8. The van der Waals surface area contributed by atoms with E-state index in [0.717, 1.165) is 24.1 Å². The first-order valence-electron chi connectivity index (χ1n) is 10.8. The van der Waals surface area contributed by atoms with Crippen molar-refractivity contribution in [3.05, 3.63) is 29.8 Å². The third-order valence-electron chi connectivity index (χ3n) is 5.31. The number of carbonyl (C=O) groups excluding carboxylic acids is 2. The smallest absolute Gasteiger partial charge is 0.414 e. The average Bonchev–Trinajstić information content (AvgIpc) is 3.40. The molecular weight excluding hydrogens is 416 g/mol. The van der Waals surface area contributed by atoms with E-state index in [9.17, 15) is 9.59 Å². The summed E-state index contributed by atoms with van der Waals surface area (Å²) in [6.45, 7) is 4.81. The molecule has 0 N–H and O–H groups in total. The summed E-state index contributed by atoms with van der Waals surface area (Å²) in [4.78, 5) is 31.5. The number of hydrogen-bond acceptors (Lipinski definition) is 8. The zero-order valence-corrected chi connectivity index (χ0v) is 18.5. The number of furan rings is 1. The lowest BCUT2D eigenvalue weighted by Gasteiger charge is -2.23. The second-order valence-corrected chi connectivity index (χ2v) is 7.54. The molecule has 0 saturated carbocycles. The Kier molecular flexibility index (Phi) is 6.50. The second kappa shape index (κ2) is 9.47. The number of fused-ring (bicyclic) bond motifs is 1. The maximum atomic E-state index is 13.0. The Morgan fingerprint density at radius 3 is 2.72 bits per heavy atom. The summed E-state index contributed by atoms with van der Waals surface area (Å²) in [5, 5.41) is 4.82. The number of amides is 1. The fourth-order valence-electron chi connectivity index (χ4n) is 3.83. The highest BCUT2D eigenvalue weighted by molar-refractivity contribution is 6.09. The van der Waals surface area contributed by atoms with Gasteiger partial charge in [-0.15, -0.1) is 0 Å². The van der Waals surface area contributed by atoms with Crippen LogP contribution in [0.2, 0.25) is 0 Å². The lowest BCUT2D eigenvalue weighted by Crippen LogP contribution is -2.35. The number of hydrogen-bond donors (Lipinski definition) is 0. The van der Waals surface area contributed by atoms with Crippen molar-refractivity contribution < 1.29 is 32.9 Å². The van der Waals surface area contributed by atoms with Crippen molar-refractivity contribution >= 4 is 34.5 Å². The Bertz CT molecular complexity index is 1080. The molecule has 1 unspecified atom stereocenters. The van der Waals surface area contributed by atoms with E-state index >= 15 is 0 Å². The summed E-state index contributed by atoms with van der Waals surface area (Å²) >= 11 is 0. The fourth-order valence-corrected chi connectivity index (χ4v) is 3.83. The Morgan fingerprint density at radius 2 is 2.06 bits per heavy atom. The molecule has 2 aromatic rings. The largest absolute Gasteiger partial charge is 0.460 e. The van der Waals surface area contributed by atoms with Gasteiger partial charge in [-0.25, -0.2) is 14.6 Å². The number of ether oxygens (including phenoxy) is 3. The molecule has 0 aliphatic carbocycles. The molecule has 1 fully saturated rings. The van der Waals surface area contributed by atoms with Crippen LogP contribution in [0.15, 0.2) is 28.0 Å². The highest BCUT2D eigenvalue weighted by Gasteiger charge is 2.32. The van der Waals surface area contributed by atoms with Gasteiger partial charge in [0.15, 0.2) is 7.05 Å². The third kappa shape index (κ3) is 4.36. The molecule has 1 saturated heterocycles. The number of anilines is 1. The van der Waals surface area contributed by atoms with Gasteiger partial charge in [0.25, 0.3) is 0 Å². The van der Waals surface area contributed by atoms with Crippen molar-refractivity contribution in [1.82, 2.24) is 4.98 Å². The highest BCUT2D eigenvalue weighted by atomic mass is 16.6. The molecule has 32 heavy (non-hydrogen) atoms. The van der Waals surface area contributed by atoms with Crippen LogP contribution in [0.25, 0.3) is 16.8 Å². The molecule has 0 spiro atoms. The van der Waals surface area contributed by atoms with Crippen molar-refractivity contribution in [3.63, 3.8) is 0 Å². The first-order valence-corrected chi connectivity index (χ1v) is 10.8. The van der Waals surface area contributed by atoms with Crippen LogP contribution in [0, 0.1) is 0 Å². The average molecular weight is 443 g/mol. The fraction of sp³-hybridized carbons (Fsp3) is 0.500. The lowest BCUT2D eigenvalue weighted by atomic mass is 10.1. The highest BCUT2D eigenvalue weighted by Crippen LogP contribution is 2.37. The maximum Gasteiger partial charge on any atom is 0.414 e. The minimum atomic E-state index is -0.666. The van der Waals surface area contributed by atoms with E-state index in [2.05, 4.69) is 10.1 Å². The van der Waals surface area contributed by atoms with Gasteiger partial charge >= 0.3 is 12.1 Å². The van der Waals surface area contributed by atoms with E-state index in [4.69, 9.17) is 18.6 Å². The van der Waals surface area contributed by atoms with Crippen molar-refractivity contribution in [3.8, 4) is 0 Å². The summed E-state index contributed by atoms with van der Waals surface area (Å²) < 4.78 is 23.7. The standard InChI is InChI=1S/C22H27N4O6/c1-4-29-21(27)19-18(26(22(28)30-5-2)9-8-15-7-6-10-31-15)16-11-14(12-23-20(16)32-19)17-13-25(3)24-17/h11-13,15H,4-10H2,1-3H3/q+1. The van der Waals surface area contributed by atoms with Crippen LogP contribution in [-0.4, -0.2) is 61.3 Å². The van der Waals surface area contributed by atoms with E-state index in [1.807, 2.05) is 19.3 Å². The van der Waals surface area contributed by atoms with Gasteiger partial charge in [-0.05, 0) is 39.2 Å². The predicted octanol–water partition coefficient (Wildman–Crippen LogP) is 3.94. The zero-order valence-electron chi connectivity index (χ0n) is 18.5. The summed E-state index contributed by atoms with van der Waals surface area (Å²) in [6.07, 6.45) is 5.49. The van der Waals surface area contributed by atoms with Crippen LogP contribution in [-0.2, 0) is 14.2 Å². The number of aromatic nitrogens is 1. The monoisotopic (exact) mass is 443 g/mol. The van der Waals surface area contributed by atoms with Gasteiger partial charge in [-0.3, -0.25) is 4.90 Å². The van der Waals surface area contributed by atoms with Gasteiger partial charge in [-0.1, -0.05) is 4.70 Å². The molecule has 0 radical (unpaired) electrons. The SMILES string of the molecule is CCOC(=O)c1oc2ncc(C3=C[N+](C)=N3)cc2c1N(CCC1CCCO1)C(=O)OCC. The number of carbonyl (C=O) groups is 2. The molecule has 0 bridgehead atoms. The van der Waals surface area contributed by atoms with Gasteiger partial charge in [0.1, 0.15) is 5.69 Å². The van der Waals surface area contributed by atoms with Crippen molar-refractivity contribution in [2.24, 2.45) is 5.11 Å². The van der Waals surface area contributed by atoms with E-state index in [1.165, 1.54) is 4.90 Å². The molecule has 4 heterocycles. The van der Waals surface area contributed by atoms with Crippen LogP contribution in [0.4, 0.5) is 10.5 Å². The minimum absolute atomic E-state index is 0.0549. The number of azo groups is 2. The Balaban J connectivity index is 1.78. The van der Waals surface area contributed by atoms with Crippen LogP contribution < -0.4 is 4.90 Å². The van der Waals surface area contributed by atoms with Crippen molar-refractivity contribution in [2.75, 3.05) is 38.3 Å². The molecule has 1 atom stereocenters. The van der Waals surface area contributed by atoms with Gasteiger partial charge < -0.3 is 18.6 Å². The van der Waals surface area contributed by atoms with Gasteiger partial charge in [0.05, 0.1) is 24.7 Å². The van der Waals surface area contributed by atoms with Gasteiger partial charge in [0, 0.05) is 30.0 Å². The number of nitrogens with zero attached hydrogens (tertiary/aromatic N) is 4. The van der Waals surface area contributed by atoms with Crippen molar-refractivity contribution in [2.45, 2.75) is 39.2 Å². The Hall–Kier alpha value is -3.27. The summed E-state index contributed by atoms with van der Waals surface area (Å²) in [6, 6.07) is 1.81. The number of esters is 1. The first kappa shape index (κ1) is 21.9. The molecule has 2 aromatic heterocycles. The van der Waals surface area contributed by atoms with Crippen LogP contribution in [0.3, 0.4) is 0 Å². The lowest BCUT2D eigenvalue weighted by molar-refractivity contribution is -0.507. The molecule has 2 aliphatic heterocycles. The molecule has 4 rings (SSSR count). The van der Waals surface area contributed by atoms with E-state index in [0.29, 0.717) is 25.0 Å². The van der Waals surface area contributed by atoms with Crippen LogP contribution >= 0.6 is 0 Å². The second-order valence-electron chi connectivity index (χ2n) is 7.54. The molecule has 0 aromatic carbocycles. The Labute approximate surface area is 185 Å². The molecule has 1 amide bonds. The quantitative estimate of drug-likeness (QED) is 0.449. The summed E-state index contributed by atoms with van der Waals surface area (Å²) in [5.74, 6) is -0.746. The van der Waals surface area contributed by atoms with E-state index < -0.39 is 12.1 Å². The Morgan fingerprint density at radius 1 is 1.28 bits per heavy atom. The zero-order chi connectivity index (χ0) is 22.7. The molecule has 10 nitrogen and oxygen atoms in total. The van der Waals surface area contributed by atoms with Gasteiger partial charge in [0.2, 0.25) is 23.4 Å². The third-order valence-corrected chi connectivity index (χ3v) is 5.31. The van der Waals surface area contributed by atoms with Crippen LogP contribution in [0.5, 0.6) is 0 Å². The first-order chi connectivity index (χ1) is 15.5. The maximum absolute atomic E-state index is 13.0. The normalized spacial score (nSPS) is 17.5. The number of pyridine rings is 1. The van der Waals surface area contributed by atoms with E-state index in [-0.39, 0.29) is 36.5 Å². The van der Waals surface area contributed by atoms with Crippen LogP contribution in [0.1, 0.15) is 49.2 Å². The minimum Gasteiger partial charge on any atom is -0.460 e. The molecule has 170 valence electrons. The van der Waals surface area contributed by atoms with Gasteiger partial charge in [-0.2, -0.15) is 0 Å². The molecule has 10 heteroatoms. The van der Waals surface area contributed by atoms with Crippen molar-refractivity contribution in [1.29, 1.82) is 0 Å². The molecular formula is C22H27N4O6+.